The molecule has 3 nitrogen and oxygen atoms in total. The molecule has 0 heterocycles. The molecule has 6 heteroatoms. The molecule has 0 aromatic heterocycles. The molecular formula is C12H17Cl3N2O. The lowest BCUT2D eigenvalue weighted by Gasteiger charge is -2.17. The molecule has 1 aromatic carbocycles. The summed E-state index contributed by atoms with van der Waals surface area (Å²) < 4.78 is 0. The van der Waals surface area contributed by atoms with Crippen LogP contribution in [0.2, 0.25) is 10.0 Å². The van der Waals surface area contributed by atoms with E-state index < -0.39 is 6.04 Å². The Labute approximate surface area is 123 Å². The molecule has 1 rings (SSSR count). The second kappa shape index (κ2) is 7.85. The van der Waals surface area contributed by atoms with Crippen molar-refractivity contribution in [2.75, 3.05) is 5.32 Å². The highest BCUT2D eigenvalue weighted by Gasteiger charge is 2.19. The predicted octanol–water partition coefficient (Wildman–Crippen LogP) is 3.73. The Kier molecular flexibility index (Phi) is 7.64. The lowest BCUT2D eigenvalue weighted by Crippen LogP contribution is -2.40. The van der Waals surface area contributed by atoms with Crippen molar-refractivity contribution >= 4 is 47.2 Å². The van der Waals surface area contributed by atoms with E-state index in [1.807, 2.05) is 13.8 Å². The van der Waals surface area contributed by atoms with Crippen LogP contribution in [0.25, 0.3) is 0 Å². The Hall–Kier alpha value is -0.480. The van der Waals surface area contributed by atoms with Crippen molar-refractivity contribution < 1.29 is 4.79 Å². The Morgan fingerprint density at radius 3 is 2.50 bits per heavy atom. The monoisotopic (exact) mass is 310 g/mol. The minimum Gasteiger partial charge on any atom is -0.325 e. The zero-order chi connectivity index (χ0) is 13.0. The SMILES string of the molecule is CCC(C)C(N)C(=O)Nc1ccc(Cl)c(Cl)c1.Cl. The van der Waals surface area contributed by atoms with Crippen LogP contribution in [0.15, 0.2) is 18.2 Å². The number of hydrogen-bond donors (Lipinski definition) is 2. The van der Waals surface area contributed by atoms with Crippen molar-refractivity contribution in [3.63, 3.8) is 0 Å². The third-order valence-electron chi connectivity index (χ3n) is 2.75. The summed E-state index contributed by atoms with van der Waals surface area (Å²) >= 11 is 11.6. The highest BCUT2D eigenvalue weighted by molar-refractivity contribution is 6.42. The highest BCUT2D eigenvalue weighted by Crippen LogP contribution is 2.25. The number of carbonyl (C=O) groups excluding carboxylic acids is 1. The first-order chi connectivity index (χ1) is 7.95. The number of nitrogens with one attached hydrogen (secondary N) is 1. The summed E-state index contributed by atoms with van der Waals surface area (Å²) in [5.74, 6) is -0.0736. The number of nitrogens with two attached hydrogens (primary N) is 1. The van der Waals surface area contributed by atoms with Crippen LogP contribution in [-0.4, -0.2) is 11.9 Å². The van der Waals surface area contributed by atoms with Gasteiger partial charge in [0.1, 0.15) is 0 Å². The normalized spacial score (nSPS) is 13.4. The molecule has 1 amide bonds. The second-order valence-electron chi connectivity index (χ2n) is 4.03. The van der Waals surface area contributed by atoms with E-state index in [-0.39, 0.29) is 24.2 Å². The molecule has 0 aliphatic rings. The van der Waals surface area contributed by atoms with Gasteiger partial charge in [0.2, 0.25) is 5.91 Å². The van der Waals surface area contributed by atoms with E-state index in [9.17, 15) is 4.79 Å². The Morgan fingerprint density at radius 2 is 2.00 bits per heavy atom. The number of amides is 1. The maximum Gasteiger partial charge on any atom is 0.241 e. The number of benzene rings is 1. The van der Waals surface area contributed by atoms with Crippen molar-refractivity contribution in [2.24, 2.45) is 11.7 Å². The molecule has 0 radical (unpaired) electrons. The summed E-state index contributed by atoms with van der Waals surface area (Å²) in [4.78, 5) is 11.8. The van der Waals surface area contributed by atoms with Crippen molar-refractivity contribution in [3.8, 4) is 0 Å². The van der Waals surface area contributed by atoms with E-state index >= 15 is 0 Å². The van der Waals surface area contributed by atoms with Gasteiger partial charge in [-0.05, 0) is 24.1 Å². The lowest BCUT2D eigenvalue weighted by atomic mass is 9.99. The van der Waals surface area contributed by atoms with E-state index in [1.165, 1.54) is 0 Å². The first-order valence-corrected chi connectivity index (χ1v) is 6.22. The summed E-state index contributed by atoms with van der Waals surface area (Å²) in [7, 11) is 0. The third-order valence-corrected chi connectivity index (χ3v) is 3.49. The summed E-state index contributed by atoms with van der Waals surface area (Å²) in [5.41, 5.74) is 6.42. The highest BCUT2D eigenvalue weighted by atomic mass is 35.5. The van der Waals surface area contributed by atoms with Crippen molar-refractivity contribution in [3.05, 3.63) is 28.2 Å². The van der Waals surface area contributed by atoms with Crippen LogP contribution in [0.1, 0.15) is 20.3 Å². The van der Waals surface area contributed by atoms with Gasteiger partial charge in [0, 0.05) is 5.69 Å². The van der Waals surface area contributed by atoms with Crippen LogP contribution in [-0.2, 0) is 4.79 Å². The molecule has 0 spiro atoms. The average molecular weight is 312 g/mol. The zero-order valence-corrected chi connectivity index (χ0v) is 12.6. The van der Waals surface area contributed by atoms with Crippen LogP contribution in [0, 0.1) is 5.92 Å². The summed E-state index contributed by atoms with van der Waals surface area (Å²) in [5, 5.41) is 3.58. The van der Waals surface area contributed by atoms with Crippen LogP contribution < -0.4 is 11.1 Å². The lowest BCUT2D eigenvalue weighted by molar-refractivity contribution is -0.118. The second-order valence-corrected chi connectivity index (χ2v) is 4.84. The molecule has 0 bridgehead atoms. The summed E-state index contributed by atoms with van der Waals surface area (Å²) in [6.45, 7) is 3.94. The molecule has 0 saturated carbocycles. The van der Waals surface area contributed by atoms with Crippen molar-refractivity contribution in [1.82, 2.24) is 0 Å². The molecule has 18 heavy (non-hydrogen) atoms. The first-order valence-electron chi connectivity index (χ1n) is 5.47. The van der Waals surface area contributed by atoms with Gasteiger partial charge in [-0.25, -0.2) is 0 Å². The van der Waals surface area contributed by atoms with Crippen LogP contribution >= 0.6 is 35.6 Å². The Bertz CT molecular complexity index is 412. The van der Waals surface area contributed by atoms with Gasteiger partial charge in [-0.1, -0.05) is 43.5 Å². The number of anilines is 1. The van der Waals surface area contributed by atoms with Gasteiger partial charge in [0.15, 0.2) is 0 Å². The summed E-state index contributed by atoms with van der Waals surface area (Å²) in [6.07, 6.45) is 0.857. The van der Waals surface area contributed by atoms with E-state index in [0.29, 0.717) is 15.7 Å². The Morgan fingerprint density at radius 1 is 1.39 bits per heavy atom. The molecular weight excluding hydrogens is 295 g/mol. The maximum absolute atomic E-state index is 11.8. The quantitative estimate of drug-likeness (QED) is 0.890. The zero-order valence-electron chi connectivity index (χ0n) is 10.2. The molecule has 1 aromatic rings. The van der Waals surface area contributed by atoms with Crippen molar-refractivity contribution in [2.45, 2.75) is 26.3 Å². The number of halogens is 3. The minimum absolute atomic E-state index is 0. The molecule has 0 aliphatic heterocycles. The molecule has 0 fully saturated rings. The molecule has 0 saturated heterocycles. The van der Waals surface area contributed by atoms with Gasteiger partial charge >= 0.3 is 0 Å². The van der Waals surface area contributed by atoms with Crippen LogP contribution in [0.3, 0.4) is 0 Å². The molecule has 2 atom stereocenters. The van der Waals surface area contributed by atoms with Crippen LogP contribution in [0.5, 0.6) is 0 Å². The fourth-order valence-electron chi connectivity index (χ4n) is 1.31. The fourth-order valence-corrected chi connectivity index (χ4v) is 1.61. The largest absolute Gasteiger partial charge is 0.325 e. The van der Waals surface area contributed by atoms with E-state index in [1.54, 1.807) is 18.2 Å². The fraction of sp³-hybridized carbons (Fsp3) is 0.417. The maximum atomic E-state index is 11.8. The molecule has 2 unspecified atom stereocenters. The first kappa shape index (κ1) is 17.5. The van der Waals surface area contributed by atoms with Crippen LogP contribution in [0.4, 0.5) is 5.69 Å². The van der Waals surface area contributed by atoms with Gasteiger partial charge in [0.05, 0.1) is 16.1 Å². The minimum atomic E-state index is -0.519. The van der Waals surface area contributed by atoms with Gasteiger partial charge in [-0.2, -0.15) is 0 Å². The van der Waals surface area contributed by atoms with Gasteiger partial charge < -0.3 is 11.1 Å². The predicted molar refractivity (Wildman–Crippen MR) is 79.8 cm³/mol. The average Bonchev–Trinajstić information content (AvgIpc) is 2.31. The van der Waals surface area contributed by atoms with E-state index in [4.69, 9.17) is 28.9 Å². The Balaban J connectivity index is 0.00000289. The third kappa shape index (κ3) is 4.65. The van der Waals surface area contributed by atoms with E-state index in [2.05, 4.69) is 5.32 Å². The van der Waals surface area contributed by atoms with Crippen molar-refractivity contribution in [1.29, 1.82) is 0 Å². The molecule has 3 N–H and O–H groups in total. The number of carbonyl (C=O) groups is 1. The standard InChI is InChI=1S/C12H16Cl2N2O.ClH/c1-3-7(2)11(15)12(17)16-8-4-5-9(13)10(14)6-8;/h4-7,11H,3,15H2,1-2H3,(H,16,17);1H. The molecule has 0 aliphatic carbocycles. The topological polar surface area (TPSA) is 55.1 Å². The van der Waals surface area contributed by atoms with E-state index in [0.717, 1.165) is 6.42 Å². The molecule has 102 valence electrons. The van der Waals surface area contributed by atoms with Gasteiger partial charge in [-0.3, -0.25) is 4.79 Å². The smallest absolute Gasteiger partial charge is 0.241 e. The number of rotatable bonds is 4. The number of hydrogen-bond acceptors (Lipinski definition) is 2. The van der Waals surface area contributed by atoms with Gasteiger partial charge in [0.25, 0.3) is 0 Å². The van der Waals surface area contributed by atoms with Gasteiger partial charge in [-0.15, -0.1) is 12.4 Å². The summed E-state index contributed by atoms with van der Waals surface area (Å²) in [6, 6.07) is 4.41.